The Kier molecular flexibility index (Phi) is 6.05. The number of rotatable bonds is 3. The molecule has 0 radical (unpaired) electrons. The van der Waals surface area contributed by atoms with Crippen molar-refractivity contribution in [1.82, 2.24) is 14.7 Å². The van der Waals surface area contributed by atoms with Gasteiger partial charge in [0.1, 0.15) is 5.60 Å². The largest absolute Gasteiger partial charge is 0.444 e. The van der Waals surface area contributed by atoms with Gasteiger partial charge in [-0.3, -0.25) is 4.68 Å². The molecule has 0 spiro atoms. The average molecular weight is 438 g/mol. The molecule has 2 heterocycles. The molecule has 0 bridgehead atoms. The Morgan fingerprint density at radius 1 is 1.03 bits per heavy atom. The first kappa shape index (κ1) is 21.4. The number of fused-ring (bicyclic) bond motifs is 1. The number of hydrogen-bond acceptors (Lipinski definition) is 3. The Labute approximate surface area is 188 Å². The lowest BCUT2D eigenvalue weighted by molar-refractivity contribution is 0.0258. The molecule has 162 valence electrons. The second-order valence-electron chi connectivity index (χ2n) is 8.89. The molecule has 2 aromatic carbocycles. The van der Waals surface area contributed by atoms with Gasteiger partial charge in [-0.25, -0.2) is 4.79 Å². The van der Waals surface area contributed by atoms with Gasteiger partial charge in [0, 0.05) is 41.4 Å². The summed E-state index contributed by atoms with van der Waals surface area (Å²) in [6.45, 7) is 7.61. The topological polar surface area (TPSA) is 47.4 Å². The third-order valence-corrected chi connectivity index (χ3v) is 5.61. The summed E-state index contributed by atoms with van der Waals surface area (Å²) in [5.41, 5.74) is 5.08. The Morgan fingerprint density at radius 2 is 1.71 bits per heavy atom. The van der Waals surface area contributed by atoms with E-state index in [9.17, 15) is 4.79 Å². The van der Waals surface area contributed by atoms with Gasteiger partial charge in [-0.05, 0) is 44.9 Å². The maximum atomic E-state index is 12.7. The van der Waals surface area contributed by atoms with Crippen molar-refractivity contribution in [1.29, 1.82) is 0 Å². The van der Waals surface area contributed by atoms with E-state index in [1.165, 1.54) is 16.8 Å². The highest BCUT2D eigenvalue weighted by Gasteiger charge is 2.28. The van der Waals surface area contributed by atoms with Crippen LogP contribution in [0.25, 0.3) is 11.3 Å². The molecule has 3 aromatic rings. The van der Waals surface area contributed by atoms with E-state index >= 15 is 0 Å². The van der Waals surface area contributed by atoms with E-state index < -0.39 is 5.60 Å². The maximum absolute atomic E-state index is 12.7. The van der Waals surface area contributed by atoms with Crippen LogP contribution < -0.4 is 0 Å². The molecule has 0 aliphatic carbocycles. The van der Waals surface area contributed by atoms with Crippen LogP contribution >= 0.6 is 11.6 Å². The zero-order chi connectivity index (χ0) is 22.0. The van der Waals surface area contributed by atoms with Crippen molar-refractivity contribution in [3.63, 3.8) is 0 Å². The number of aromatic nitrogens is 2. The molecule has 0 saturated carbocycles. The zero-order valence-corrected chi connectivity index (χ0v) is 19.0. The molecule has 6 heteroatoms. The fourth-order valence-corrected chi connectivity index (χ4v) is 4.04. The summed E-state index contributed by atoms with van der Waals surface area (Å²) in [6.07, 6.45) is 1.22. The summed E-state index contributed by atoms with van der Waals surface area (Å²) in [5, 5.41) is 5.70. The van der Waals surface area contributed by atoms with Crippen LogP contribution in [0.15, 0.2) is 54.6 Å². The summed E-state index contributed by atoms with van der Waals surface area (Å²) in [5.74, 6) is 0. The number of hydrogen-bond donors (Lipinski definition) is 0. The van der Waals surface area contributed by atoms with Crippen LogP contribution in [0, 0.1) is 0 Å². The monoisotopic (exact) mass is 437 g/mol. The molecule has 0 atom stereocenters. The Hall–Kier alpha value is -2.79. The van der Waals surface area contributed by atoms with E-state index in [0.29, 0.717) is 24.7 Å². The van der Waals surface area contributed by atoms with Gasteiger partial charge in [0.05, 0.1) is 12.2 Å². The molecule has 1 aromatic heterocycles. The molecule has 1 aliphatic rings. The minimum Gasteiger partial charge on any atom is -0.444 e. The van der Waals surface area contributed by atoms with Gasteiger partial charge >= 0.3 is 6.09 Å². The lowest BCUT2D eigenvalue weighted by atomic mass is 10.0. The molecule has 5 nitrogen and oxygen atoms in total. The van der Waals surface area contributed by atoms with Crippen LogP contribution in [0.3, 0.4) is 0 Å². The Balaban J connectivity index is 1.67. The first-order valence-corrected chi connectivity index (χ1v) is 11.0. The van der Waals surface area contributed by atoms with Crippen LogP contribution in [0.4, 0.5) is 4.79 Å². The van der Waals surface area contributed by atoms with E-state index in [2.05, 4.69) is 16.8 Å². The van der Waals surface area contributed by atoms with Gasteiger partial charge in [0.25, 0.3) is 0 Å². The van der Waals surface area contributed by atoms with Crippen molar-refractivity contribution in [3.8, 4) is 11.3 Å². The summed E-state index contributed by atoms with van der Waals surface area (Å²) in [7, 11) is 0. The van der Waals surface area contributed by atoms with Gasteiger partial charge in [-0.1, -0.05) is 54.1 Å². The highest BCUT2D eigenvalue weighted by Crippen LogP contribution is 2.30. The Morgan fingerprint density at radius 3 is 2.39 bits per heavy atom. The average Bonchev–Trinajstić information content (AvgIpc) is 2.91. The van der Waals surface area contributed by atoms with Crippen LogP contribution in [0.2, 0.25) is 5.02 Å². The summed E-state index contributed by atoms with van der Waals surface area (Å²) in [4.78, 5) is 14.5. The highest BCUT2D eigenvalue weighted by molar-refractivity contribution is 6.30. The van der Waals surface area contributed by atoms with Gasteiger partial charge in [0.15, 0.2) is 0 Å². The minimum atomic E-state index is -0.505. The number of amides is 1. The number of ether oxygens (including phenoxy) is 1. The normalized spacial score (nSPS) is 14.1. The van der Waals surface area contributed by atoms with E-state index in [-0.39, 0.29) is 6.09 Å². The summed E-state index contributed by atoms with van der Waals surface area (Å²) < 4.78 is 7.70. The molecule has 0 N–H and O–H groups in total. The van der Waals surface area contributed by atoms with Crippen molar-refractivity contribution in [2.45, 2.75) is 45.8 Å². The predicted octanol–water partition coefficient (Wildman–Crippen LogP) is 5.59. The lowest BCUT2D eigenvalue weighted by Crippen LogP contribution is -2.38. The number of benzene rings is 2. The SMILES string of the molecule is CC(C)(C)OC(=O)N1CCc2c(-c3ccc(Cl)cc3)nn(Cc3ccccc3)c2CC1. The first-order chi connectivity index (χ1) is 14.8. The van der Waals surface area contributed by atoms with Crippen molar-refractivity contribution in [3.05, 3.63) is 76.4 Å². The van der Waals surface area contributed by atoms with E-state index in [1.807, 2.05) is 68.1 Å². The van der Waals surface area contributed by atoms with Crippen molar-refractivity contribution < 1.29 is 9.53 Å². The van der Waals surface area contributed by atoms with Crippen LogP contribution in [-0.4, -0.2) is 39.5 Å². The van der Waals surface area contributed by atoms with Crippen LogP contribution in [0.5, 0.6) is 0 Å². The number of nitrogens with zero attached hydrogens (tertiary/aromatic N) is 3. The van der Waals surface area contributed by atoms with E-state index in [1.54, 1.807) is 0 Å². The molecular formula is C25H28ClN3O2. The van der Waals surface area contributed by atoms with Crippen molar-refractivity contribution in [2.24, 2.45) is 0 Å². The summed E-state index contributed by atoms with van der Waals surface area (Å²) >= 11 is 6.10. The quantitative estimate of drug-likeness (QED) is 0.536. The first-order valence-electron chi connectivity index (χ1n) is 10.7. The van der Waals surface area contributed by atoms with Crippen molar-refractivity contribution >= 4 is 17.7 Å². The third kappa shape index (κ3) is 5.10. The van der Waals surface area contributed by atoms with Crippen LogP contribution in [-0.2, 0) is 24.1 Å². The predicted molar refractivity (Wildman–Crippen MR) is 123 cm³/mol. The molecule has 1 amide bonds. The lowest BCUT2D eigenvalue weighted by Gasteiger charge is -2.26. The summed E-state index contributed by atoms with van der Waals surface area (Å²) in [6, 6.07) is 18.1. The molecule has 31 heavy (non-hydrogen) atoms. The van der Waals surface area contributed by atoms with Crippen molar-refractivity contribution in [2.75, 3.05) is 13.1 Å². The molecule has 0 fully saturated rings. The minimum absolute atomic E-state index is 0.256. The maximum Gasteiger partial charge on any atom is 0.410 e. The van der Waals surface area contributed by atoms with Gasteiger partial charge in [-0.2, -0.15) is 5.10 Å². The standard InChI is InChI=1S/C25H28ClN3O2/c1-25(2,3)31-24(30)28-15-13-21-22(14-16-28)29(17-18-7-5-4-6-8-18)27-23(21)19-9-11-20(26)12-10-19/h4-12H,13-17H2,1-3H3. The fraction of sp³-hybridized carbons (Fsp3) is 0.360. The molecule has 1 aliphatic heterocycles. The van der Waals surface area contributed by atoms with Gasteiger partial charge in [-0.15, -0.1) is 0 Å². The van der Waals surface area contributed by atoms with Gasteiger partial charge < -0.3 is 9.64 Å². The third-order valence-electron chi connectivity index (χ3n) is 5.36. The number of carbonyl (C=O) groups excluding carboxylic acids is 1. The fourth-order valence-electron chi connectivity index (χ4n) is 3.91. The molecule has 4 rings (SSSR count). The van der Waals surface area contributed by atoms with Crippen LogP contribution in [0.1, 0.15) is 37.6 Å². The second kappa shape index (κ2) is 8.75. The Bertz CT molecular complexity index is 1050. The second-order valence-corrected chi connectivity index (χ2v) is 9.33. The number of halogens is 1. The van der Waals surface area contributed by atoms with E-state index in [0.717, 1.165) is 24.1 Å². The molecular weight excluding hydrogens is 410 g/mol. The smallest absolute Gasteiger partial charge is 0.410 e. The zero-order valence-electron chi connectivity index (χ0n) is 18.3. The van der Waals surface area contributed by atoms with E-state index in [4.69, 9.17) is 21.4 Å². The molecule has 0 saturated heterocycles. The molecule has 0 unspecified atom stereocenters. The van der Waals surface area contributed by atoms with Gasteiger partial charge in [0.2, 0.25) is 0 Å². The highest BCUT2D eigenvalue weighted by atomic mass is 35.5. The number of carbonyl (C=O) groups is 1.